The second-order valence-electron chi connectivity index (χ2n) is 9.72. The van der Waals surface area contributed by atoms with Crippen molar-refractivity contribution in [2.24, 2.45) is 5.92 Å². The largest absolute Gasteiger partial charge is 0.489 e. The lowest BCUT2D eigenvalue weighted by Crippen LogP contribution is -2.41. The Labute approximate surface area is 232 Å². The molecule has 2 aliphatic rings. The van der Waals surface area contributed by atoms with Gasteiger partial charge < -0.3 is 19.7 Å². The van der Waals surface area contributed by atoms with Crippen LogP contribution >= 0.6 is 11.3 Å². The van der Waals surface area contributed by atoms with Gasteiger partial charge in [0.15, 0.2) is 5.13 Å². The van der Waals surface area contributed by atoms with E-state index in [4.69, 9.17) is 4.74 Å². The van der Waals surface area contributed by atoms with Crippen LogP contribution in [0, 0.1) is 5.92 Å². The van der Waals surface area contributed by atoms with E-state index in [0.717, 1.165) is 23.5 Å². The molecule has 2 aromatic rings. The van der Waals surface area contributed by atoms with E-state index in [1.165, 1.54) is 28.9 Å². The monoisotopic (exact) mass is 612 g/mol. The molecule has 16 heteroatoms. The van der Waals surface area contributed by atoms with Crippen LogP contribution in [-0.2, 0) is 20.9 Å². The maximum atomic E-state index is 12.8. The van der Waals surface area contributed by atoms with Crippen molar-refractivity contribution >= 4 is 32.4 Å². The van der Waals surface area contributed by atoms with Gasteiger partial charge in [-0.15, -0.1) is 0 Å². The average Bonchev–Trinajstić information content (AvgIpc) is 3.53. The molecular formula is C24H29F5N4O5S2. The van der Waals surface area contributed by atoms with Crippen LogP contribution in [-0.4, -0.2) is 81.4 Å². The lowest BCUT2D eigenvalue weighted by Gasteiger charge is -2.30. The molecule has 40 heavy (non-hydrogen) atoms. The molecule has 222 valence electrons. The van der Waals surface area contributed by atoms with Gasteiger partial charge in [-0.25, -0.2) is 17.7 Å². The van der Waals surface area contributed by atoms with Gasteiger partial charge in [0.25, 0.3) is 5.91 Å². The van der Waals surface area contributed by atoms with E-state index in [2.05, 4.69) is 15.0 Å². The van der Waals surface area contributed by atoms with Crippen molar-refractivity contribution in [3.8, 4) is 5.75 Å². The van der Waals surface area contributed by atoms with Crippen molar-refractivity contribution in [3.63, 3.8) is 0 Å². The number of ether oxygens (including phenoxy) is 2. The van der Waals surface area contributed by atoms with Gasteiger partial charge in [0.1, 0.15) is 16.7 Å². The SMILES string of the molecule is CS(=O)(=O)N1CCC(CNC(=O)c2cnc(N3C[C@@H](Oc4ccc(C(F)(F)F)cc4)C[C@H]3COC(F)F)s2)CC1. The molecule has 1 amide bonds. The number of halogens is 5. The minimum Gasteiger partial charge on any atom is -0.489 e. The molecule has 1 aromatic heterocycles. The molecule has 2 aliphatic heterocycles. The molecule has 1 aromatic carbocycles. The molecular weight excluding hydrogens is 583 g/mol. The summed E-state index contributed by atoms with van der Waals surface area (Å²) in [5.41, 5.74) is -0.816. The highest BCUT2D eigenvalue weighted by atomic mass is 32.2. The first kappa shape index (κ1) is 30.4. The number of aromatic nitrogens is 1. The molecule has 0 unspecified atom stereocenters. The van der Waals surface area contributed by atoms with Crippen LogP contribution in [0.4, 0.5) is 27.1 Å². The molecule has 3 heterocycles. The highest BCUT2D eigenvalue weighted by Crippen LogP contribution is 2.34. The zero-order valence-electron chi connectivity index (χ0n) is 21.4. The zero-order chi connectivity index (χ0) is 29.1. The topological polar surface area (TPSA) is 101 Å². The van der Waals surface area contributed by atoms with Crippen molar-refractivity contribution in [1.29, 1.82) is 0 Å². The molecule has 1 N–H and O–H groups in total. The van der Waals surface area contributed by atoms with Crippen molar-refractivity contribution in [1.82, 2.24) is 14.6 Å². The van der Waals surface area contributed by atoms with Crippen molar-refractivity contribution in [2.75, 3.05) is 43.9 Å². The molecule has 0 spiro atoms. The van der Waals surface area contributed by atoms with E-state index in [-0.39, 0.29) is 37.1 Å². The van der Waals surface area contributed by atoms with Crippen molar-refractivity contribution in [2.45, 2.75) is 44.2 Å². The standard InChI is InChI=1S/C24H29F5N4O5S2/c1-40(35,36)32-8-6-15(7-9-32)11-30-21(34)20-12-31-23(39-20)33-13-19(10-17(33)14-37-22(25)26)38-18-4-2-16(3-5-18)24(27,28)29/h2-5,12,15,17,19,22H,6-11,13-14H2,1H3,(H,30,34)/t17-,19-/m0/s1. The Morgan fingerprint density at radius 3 is 2.48 bits per heavy atom. The number of amides is 1. The Hall–Kier alpha value is -2.56. The minimum absolute atomic E-state index is 0.131. The lowest BCUT2D eigenvalue weighted by molar-refractivity contribution is -0.137. The molecule has 2 atom stereocenters. The number of thiazole rings is 1. The van der Waals surface area contributed by atoms with Crippen LogP contribution in [0.3, 0.4) is 0 Å². The Kier molecular flexibility index (Phi) is 9.52. The summed E-state index contributed by atoms with van der Waals surface area (Å²) >= 11 is 1.07. The first-order chi connectivity index (χ1) is 18.8. The van der Waals surface area contributed by atoms with Crippen LogP contribution in [0.5, 0.6) is 5.75 Å². The summed E-state index contributed by atoms with van der Waals surface area (Å²) in [5, 5.41) is 3.25. The van der Waals surface area contributed by atoms with Gasteiger partial charge in [-0.05, 0) is 43.0 Å². The highest BCUT2D eigenvalue weighted by molar-refractivity contribution is 7.88. The number of benzene rings is 1. The smallest absolute Gasteiger partial charge is 0.416 e. The molecule has 2 saturated heterocycles. The molecule has 0 aliphatic carbocycles. The fourth-order valence-electron chi connectivity index (χ4n) is 4.72. The van der Waals surface area contributed by atoms with Crippen LogP contribution in [0.25, 0.3) is 0 Å². The maximum absolute atomic E-state index is 12.8. The van der Waals surface area contributed by atoms with Gasteiger partial charge in [0.2, 0.25) is 10.0 Å². The number of piperidine rings is 1. The summed E-state index contributed by atoms with van der Waals surface area (Å²) in [4.78, 5) is 19.0. The van der Waals surface area contributed by atoms with Gasteiger partial charge >= 0.3 is 12.8 Å². The van der Waals surface area contributed by atoms with E-state index >= 15 is 0 Å². The Morgan fingerprint density at radius 2 is 1.88 bits per heavy atom. The second-order valence-corrected chi connectivity index (χ2v) is 12.7. The minimum atomic E-state index is -4.48. The number of carbonyl (C=O) groups is 1. The van der Waals surface area contributed by atoms with Gasteiger partial charge in [-0.2, -0.15) is 22.0 Å². The molecule has 0 radical (unpaired) electrons. The summed E-state index contributed by atoms with van der Waals surface area (Å²) in [6, 6.07) is 3.65. The highest BCUT2D eigenvalue weighted by Gasteiger charge is 2.37. The Bertz CT molecular complexity index is 1250. The van der Waals surface area contributed by atoms with E-state index < -0.39 is 40.5 Å². The summed E-state index contributed by atoms with van der Waals surface area (Å²) in [5.74, 6) is -0.0201. The summed E-state index contributed by atoms with van der Waals surface area (Å²) in [6.07, 6.45) is -0.961. The van der Waals surface area contributed by atoms with Crippen LogP contribution in [0.15, 0.2) is 30.5 Å². The Balaban J connectivity index is 1.36. The number of hydrogen-bond donors (Lipinski definition) is 1. The molecule has 9 nitrogen and oxygen atoms in total. The van der Waals surface area contributed by atoms with Crippen LogP contribution in [0.1, 0.15) is 34.5 Å². The second kappa shape index (κ2) is 12.5. The molecule has 0 bridgehead atoms. The fraction of sp³-hybridized carbons (Fsp3) is 0.583. The van der Waals surface area contributed by atoms with E-state index in [1.54, 1.807) is 4.90 Å². The first-order valence-corrected chi connectivity index (χ1v) is 15.2. The zero-order valence-corrected chi connectivity index (χ0v) is 23.1. The van der Waals surface area contributed by atoms with Crippen LogP contribution < -0.4 is 15.0 Å². The summed E-state index contributed by atoms with van der Waals surface area (Å²) < 4.78 is 99.1. The number of hydrogen-bond acceptors (Lipinski definition) is 8. The summed E-state index contributed by atoms with van der Waals surface area (Å²) in [6.45, 7) is -1.95. The van der Waals surface area contributed by atoms with Gasteiger partial charge in [-0.1, -0.05) is 11.3 Å². The fourth-order valence-corrected chi connectivity index (χ4v) is 6.51. The normalized spacial score (nSPS) is 21.2. The third kappa shape index (κ3) is 8.01. The number of nitrogens with zero attached hydrogens (tertiary/aromatic N) is 3. The van der Waals surface area contributed by atoms with E-state index in [1.807, 2.05) is 0 Å². The number of anilines is 1. The van der Waals surface area contributed by atoms with Gasteiger partial charge in [0.05, 0.1) is 37.2 Å². The van der Waals surface area contributed by atoms with Gasteiger partial charge in [-0.3, -0.25) is 4.79 Å². The number of carbonyl (C=O) groups excluding carboxylic acids is 1. The maximum Gasteiger partial charge on any atom is 0.416 e. The molecule has 2 fully saturated rings. The number of alkyl halides is 5. The van der Waals surface area contributed by atoms with Crippen molar-refractivity contribution < 1.29 is 44.6 Å². The van der Waals surface area contributed by atoms with Gasteiger partial charge in [0, 0.05) is 26.1 Å². The summed E-state index contributed by atoms with van der Waals surface area (Å²) in [7, 11) is -3.24. The number of rotatable bonds is 10. The average molecular weight is 613 g/mol. The number of nitrogens with one attached hydrogen (secondary N) is 1. The first-order valence-electron chi connectivity index (χ1n) is 12.5. The lowest BCUT2D eigenvalue weighted by atomic mass is 9.98. The third-order valence-corrected chi connectivity index (χ3v) is 9.17. The predicted octanol–water partition coefficient (Wildman–Crippen LogP) is 3.83. The number of sulfonamides is 1. The predicted molar refractivity (Wildman–Crippen MR) is 137 cm³/mol. The Morgan fingerprint density at radius 1 is 1.20 bits per heavy atom. The van der Waals surface area contributed by atoms with E-state index in [9.17, 15) is 35.2 Å². The van der Waals surface area contributed by atoms with Crippen molar-refractivity contribution in [3.05, 3.63) is 40.9 Å². The molecule has 0 saturated carbocycles. The molecule has 4 rings (SSSR count). The third-order valence-electron chi connectivity index (χ3n) is 6.83. The van der Waals surface area contributed by atoms with E-state index in [0.29, 0.717) is 42.5 Å². The quantitative estimate of drug-likeness (QED) is 0.407. The van der Waals surface area contributed by atoms with Crippen LogP contribution in [0.2, 0.25) is 0 Å².